The maximum Gasteiger partial charge on any atom is 0.144 e. The van der Waals surface area contributed by atoms with Crippen molar-refractivity contribution >= 4 is 11.1 Å². The number of fused-ring (bicyclic) bond motifs is 2. The fraction of sp³-hybridized carbons (Fsp3) is 0.425. The lowest BCUT2D eigenvalue weighted by molar-refractivity contribution is 0.442. The molecule has 0 atom stereocenters. The van der Waals surface area contributed by atoms with E-state index in [9.17, 15) is 0 Å². The van der Waals surface area contributed by atoms with Crippen molar-refractivity contribution in [2.24, 2.45) is 0 Å². The van der Waals surface area contributed by atoms with Crippen LogP contribution < -0.4 is 0 Å². The van der Waals surface area contributed by atoms with Gasteiger partial charge in [0.15, 0.2) is 0 Å². The molecule has 2 aromatic carbocycles. The molecular weight excluding hydrogens is 508 g/mol. The summed E-state index contributed by atoms with van der Waals surface area (Å²) in [7, 11) is 0. The molecule has 2 nitrogen and oxygen atoms in total. The van der Waals surface area contributed by atoms with Gasteiger partial charge in [-0.25, -0.2) is 4.98 Å². The molecule has 0 spiro atoms. The monoisotopic (exact) mass is 558 g/mol. The van der Waals surface area contributed by atoms with Crippen LogP contribution in [-0.2, 0) is 6.42 Å². The van der Waals surface area contributed by atoms with E-state index in [2.05, 4.69) is 93.3 Å². The molecule has 0 unspecified atom stereocenters. The van der Waals surface area contributed by atoms with Crippen molar-refractivity contribution in [3.8, 4) is 17.1 Å². The van der Waals surface area contributed by atoms with Gasteiger partial charge in [0.05, 0.1) is 5.69 Å². The first-order chi connectivity index (χ1) is 20.7. The summed E-state index contributed by atoms with van der Waals surface area (Å²) in [4.78, 5) is 4.96. The van der Waals surface area contributed by atoms with Crippen LogP contribution in [0.4, 0.5) is 0 Å². The van der Waals surface area contributed by atoms with Crippen LogP contribution in [0.15, 0.2) is 79.7 Å². The van der Waals surface area contributed by atoms with Crippen LogP contribution in [0, 0.1) is 6.92 Å². The second kappa shape index (κ2) is 14.2. The SMILES string of the molecule is C=C.CCC.Cc1cc(C2=CCCC=C2)cc(C2CCCCC2)c1-n1ccnc1-c1ccc2c(c1)C1=C(CCCC1)C2. The van der Waals surface area contributed by atoms with Gasteiger partial charge in [0.2, 0.25) is 0 Å². The van der Waals surface area contributed by atoms with Crippen LogP contribution in [-0.4, -0.2) is 9.55 Å². The van der Waals surface area contributed by atoms with Gasteiger partial charge in [-0.05, 0) is 128 Å². The summed E-state index contributed by atoms with van der Waals surface area (Å²) in [5.74, 6) is 1.71. The Morgan fingerprint density at radius 3 is 2.45 bits per heavy atom. The first-order valence-corrected chi connectivity index (χ1v) is 16.6. The second-order valence-corrected chi connectivity index (χ2v) is 12.4. The third-order valence-electron chi connectivity index (χ3n) is 9.26. The lowest BCUT2D eigenvalue weighted by Gasteiger charge is -2.27. The fourth-order valence-electron chi connectivity index (χ4n) is 7.42. The zero-order chi connectivity index (χ0) is 29.5. The molecule has 1 aromatic heterocycles. The molecule has 1 heterocycles. The number of imidazole rings is 1. The van der Waals surface area contributed by atoms with Crippen molar-refractivity contribution in [1.29, 1.82) is 0 Å². The Morgan fingerprint density at radius 1 is 0.905 bits per heavy atom. The van der Waals surface area contributed by atoms with Gasteiger partial charge in [0.25, 0.3) is 0 Å². The largest absolute Gasteiger partial charge is 0.299 e. The first kappa shape index (κ1) is 30.1. The maximum atomic E-state index is 4.96. The number of hydrogen-bond donors (Lipinski definition) is 0. The number of aromatic nitrogens is 2. The van der Waals surface area contributed by atoms with Gasteiger partial charge in [0.1, 0.15) is 5.82 Å². The quantitative estimate of drug-likeness (QED) is 0.291. The Morgan fingerprint density at radius 2 is 1.69 bits per heavy atom. The van der Waals surface area contributed by atoms with Gasteiger partial charge in [-0.3, -0.25) is 4.57 Å². The highest BCUT2D eigenvalue weighted by atomic mass is 15.1. The van der Waals surface area contributed by atoms with Crippen molar-refractivity contribution in [3.63, 3.8) is 0 Å². The fourth-order valence-corrected chi connectivity index (χ4v) is 7.42. The van der Waals surface area contributed by atoms with Crippen molar-refractivity contribution in [2.45, 2.75) is 110 Å². The third kappa shape index (κ3) is 6.19. The molecule has 42 heavy (non-hydrogen) atoms. The topological polar surface area (TPSA) is 17.8 Å². The summed E-state index contributed by atoms with van der Waals surface area (Å²) in [6.45, 7) is 12.6. The van der Waals surface area contributed by atoms with Crippen molar-refractivity contribution < 1.29 is 0 Å². The molecule has 2 heteroatoms. The molecule has 0 amide bonds. The van der Waals surface area contributed by atoms with Crippen molar-refractivity contribution in [1.82, 2.24) is 9.55 Å². The number of nitrogens with zero attached hydrogens (tertiary/aromatic N) is 2. The number of allylic oxidation sites excluding steroid dienone is 6. The normalized spacial score (nSPS) is 17.8. The summed E-state index contributed by atoms with van der Waals surface area (Å²) < 4.78 is 2.40. The molecular formula is C40H50N2. The van der Waals surface area contributed by atoms with Crippen LogP contribution >= 0.6 is 0 Å². The minimum absolute atomic E-state index is 0.626. The van der Waals surface area contributed by atoms with E-state index in [1.54, 1.807) is 11.1 Å². The highest BCUT2D eigenvalue weighted by Gasteiger charge is 2.26. The van der Waals surface area contributed by atoms with E-state index in [-0.39, 0.29) is 0 Å². The predicted octanol–water partition coefficient (Wildman–Crippen LogP) is 11.7. The second-order valence-electron chi connectivity index (χ2n) is 12.4. The van der Waals surface area contributed by atoms with Gasteiger partial charge < -0.3 is 0 Å². The van der Waals surface area contributed by atoms with E-state index < -0.39 is 0 Å². The van der Waals surface area contributed by atoms with Gasteiger partial charge in [-0.15, -0.1) is 13.2 Å². The lowest BCUT2D eigenvalue weighted by Crippen LogP contribution is -2.12. The Bertz CT molecular complexity index is 1470. The molecule has 7 rings (SSSR count). The van der Waals surface area contributed by atoms with Crippen LogP contribution in [0.5, 0.6) is 0 Å². The van der Waals surface area contributed by atoms with Crippen molar-refractivity contribution in [3.05, 3.63) is 108 Å². The number of aryl methyl sites for hydroxylation is 1. The Hall–Kier alpha value is -3.39. The maximum absolute atomic E-state index is 4.96. The minimum atomic E-state index is 0.626. The zero-order valence-electron chi connectivity index (χ0n) is 26.4. The molecule has 0 bridgehead atoms. The first-order valence-electron chi connectivity index (χ1n) is 16.6. The minimum Gasteiger partial charge on any atom is -0.299 e. The van der Waals surface area contributed by atoms with E-state index in [1.807, 2.05) is 6.20 Å². The third-order valence-corrected chi connectivity index (χ3v) is 9.26. The highest BCUT2D eigenvalue weighted by molar-refractivity contribution is 5.81. The average Bonchev–Trinajstić information content (AvgIpc) is 3.67. The van der Waals surface area contributed by atoms with Crippen molar-refractivity contribution in [2.75, 3.05) is 0 Å². The highest BCUT2D eigenvalue weighted by Crippen LogP contribution is 2.44. The Labute approximate surface area is 255 Å². The summed E-state index contributed by atoms with van der Waals surface area (Å²) in [5.41, 5.74) is 14.6. The van der Waals surface area contributed by atoms with Crippen LogP contribution in [0.3, 0.4) is 0 Å². The molecule has 0 aliphatic heterocycles. The van der Waals surface area contributed by atoms with E-state index in [4.69, 9.17) is 4.98 Å². The molecule has 1 saturated carbocycles. The Kier molecular flexibility index (Phi) is 10.2. The summed E-state index contributed by atoms with van der Waals surface area (Å²) >= 11 is 0. The van der Waals surface area contributed by atoms with Crippen LogP contribution in [0.1, 0.15) is 125 Å². The number of benzene rings is 2. The Balaban J connectivity index is 0.000000665. The average molecular weight is 559 g/mol. The van der Waals surface area contributed by atoms with Gasteiger partial charge in [-0.1, -0.05) is 75.5 Å². The van der Waals surface area contributed by atoms with E-state index >= 15 is 0 Å². The summed E-state index contributed by atoms with van der Waals surface area (Å²) in [5, 5.41) is 0. The molecule has 4 aliphatic carbocycles. The summed E-state index contributed by atoms with van der Waals surface area (Å²) in [6, 6.07) is 12.1. The molecule has 0 radical (unpaired) electrons. The zero-order valence-corrected chi connectivity index (χ0v) is 26.4. The molecule has 4 aliphatic rings. The number of hydrogen-bond acceptors (Lipinski definition) is 1. The molecule has 1 fully saturated rings. The van der Waals surface area contributed by atoms with Gasteiger partial charge in [0, 0.05) is 18.0 Å². The van der Waals surface area contributed by atoms with E-state index in [1.165, 1.54) is 109 Å². The van der Waals surface area contributed by atoms with E-state index in [0.717, 1.165) is 25.1 Å². The standard InChI is InChI=1S/C35H38N2.C3H8.C2H4/c1-24-20-30(25-10-4-2-5-11-25)23-33(26-12-6-3-7-13-26)34(24)37-19-18-36-35(37)29-17-16-28-21-27-14-8-9-15-31(27)32(28)22-29;1-3-2;1-2/h4,10-11,16-20,22-23,26H,2-3,5-9,12-15,21H2,1H3;3H2,1-2H3;1-2H2. The lowest BCUT2D eigenvalue weighted by atomic mass is 9.81. The molecule has 0 saturated heterocycles. The molecule has 220 valence electrons. The number of rotatable bonds is 4. The summed E-state index contributed by atoms with van der Waals surface area (Å²) in [6.07, 6.45) is 27.9. The molecule has 3 aromatic rings. The van der Waals surface area contributed by atoms with E-state index in [0.29, 0.717) is 5.92 Å². The smallest absolute Gasteiger partial charge is 0.144 e. The molecule has 0 N–H and O–H groups in total. The van der Waals surface area contributed by atoms with Gasteiger partial charge >= 0.3 is 0 Å². The van der Waals surface area contributed by atoms with Crippen LogP contribution in [0.2, 0.25) is 0 Å². The van der Waals surface area contributed by atoms with Gasteiger partial charge in [-0.2, -0.15) is 0 Å². The van der Waals surface area contributed by atoms with Crippen LogP contribution in [0.25, 0.3) is 28.2 Å². The predicted molar refractivity (Wildman–Crippen MR) is 182 cm³/mol.